The second kappa shape index (κ2) is 6.15. The summed E-state index contributed by atoms with van der Waals surface area (Å²) in [5.74, 6) is -1.38. The van der Waals surface area contributed by atoms with Crippen LogP contribution in [0.2, 0.25) is 0 Å². The third-order valence-corrected chi connectivity index (χ3v) is 3.64. The van der Waals surface area contributed by atoms with Gasteiger partial charge >= 0.3 is 5.97 Å². The molecule has 0 aliphatic carbocycles. The van der Waals surface area contributed by atoms with Crippen molar-refractivity contribution in [3.8, 4) is 0 Å². The lowest BCUT2D eigenvalue weighted by Crippen LogP contribution is -1.98. The Morgan fingerprint density at radius 1 is 1.59 bits per heavy atom. The molecular weight excluding hydrogens is 364 g/mol. The molecule has 0 unspecified atom stereocenters. The molecule has 0 aliphatic heterocycles. The zero-order valence-electron chi connectivity index (χ0n) is 8.35. The van der Waals surface area contributed by atoms with Gasteiger partial charge in [0.1, 0.15) is 5.82 Å². The van der Waals surface area contributed by atoms with Crippen LogP contribution in [0.25, 0.3) is 0 Å². The van der Waals surface area contributed by atoms with E-state index in [1.54, 1.807) is 22.6 Å². The lowest BCUT2D eigenvalue weighted by Gasteiger charge is -2.03. The van der Waals surface area contributed by atoms with Gasteiger partial charge in [-0.2, -0.15) is 0 Å². The van der Waals surface area contributed by atoms with E-state index in [1.807, 2.05) is 0 Å². The Bertz CT molecular complexity index is 469. The predicted molar refractivity (Wildman–Crippen MR) is 68.7 cm³/mol. The molecule has 0 atom stereocenters. The minimum atomic E-state index is -0.994. The molecule has 0 radical (unpaired) electrons. The van der Waals surface area contributed by atoms with E-state index in [4.69, 9.17) is 5.11 Å². The monoisotopic (exact) mass is 371 g/mol. The number of carboxylic acids is 1. The average molecular weight is 371 g/mol. The second-order valence-electron chi connectivity index (χ2n) is 2.98. The van der Waals surface area contributed by atoms with Gasteiger partial charge in [-0.15, -0.1) is 11.8 Å². The Morgan fingerprint density at radius 2 is 2.24 bits per heavy atom. The summed E-state index contributed by atoms with van der Waals surface area (Å²) in [5.41, 5.74) is -0.203. The molecule has 17 heavy (non-hydrogen) atoms. The standard InChI is InChI=1S/C9H7FINO4S/c10-5-3-8(17-2-1-9(13)14)7(12(15)16)4-6(5)11/h3-4H,1-2H2,(H,13,14). The second-order valence-corrected chi connectivity index (χ2v) is 5.28. The van der Waals surface area contributed by atoms with Crippen molar-refractivity contribution < 1.29 is 19.2 Å². The molecule has 5 nitrogen and oxygen atoms in total. The number of hydrogen-bond donors (Lipinski definition) is 1. The largest absolute Gasteiger partial charge is 0.481 e. The Morgan fingerprint density at radius 3 is 2.76 bits per heavy atom. The van der Waals surface area contributed by atoms with Gasteiger partial charge < -0.3 is 5.11 Å². The van der Waals surface area contributed by atoms with Crippen LogP contribution < -0.4 is 0 Å². The number of nitrogens with zero attached hydrogens (tertiary/aromatic N) is 1. The van der Waals surface area contributed by atoms with Crippen LogP contribution in [0.3, 0.4) is 0 Å². The summed E-state index contributed by atoms with van der Waals surface area (Å²) in [4.78, 5) is 20.6. The maximum atomic E-state index is 13.2. The topological polar surface area (TPSA) is 80.4 Å². The molecule has 0 saturated carbocycles. The maximum absolute atomic E-state index is 13.2. The Balaban J connectivity index is 2.92. The molecule has 1 aromatic carbocycles. The minimum absolute atomic E-state index is 0.130. The zero-order chi connectivity index (χ0) is 13.0. The lowest BCUT2D eigenvalue weighted by atomic mass is 10.3. The lowest BCUT2D eigenvalue weighted by molar-refractivity contribution is -0.387. The van der Waals surface area contributed by atoms with Crippen LogP contribution in [-0.2, 0) is 4.79 Å². The summed E-state index contributed by atoms with van der Waals surface area (Å²) in [6.45, 7) is 0. The molecule has 0 spiro atoms. The molecule has 0 aromatic heterocycles. The van der Waals surface area contributed by atoms with E-state index < -0.39 is 16.7 Å². The first-order valence-electron chi connectivity index (χ1n) is 4.40. The highest BCUT2D eigenvalue weighted by atomic mass is 127. The van der Waals surface area contributed by atoms with Crippen molar-refractivity contribution in [1.29, 1.82) is 0 Å². The SMILES string of the molecule is O=C(O)CCSc1cc(F)c(I)cc1[N+](=O)[O-]. The Kier molecular flexibility index (Phi) is 5.12. The fraction of sp³-hybridized carbons (Fsp3) is 0.222. The number of nitro groups is 1. The normalized spacial score (nSPS) is 10.2. The van der Waals surface area contributed by atoms with Crippen molar-refractivity contribution in [2.45, 2.75) is 11.3 Å². The quantitative estimate of drug-likeness (QED) is 0.373. The number of carbonyl (C=O) groups is 1. The maximum Gasteiger partial charge on any atom is 0.304 e. The molecule has 1 aromatic rings. The average Bonchev–Trinajstić information content (AvgIpc) is 2.22. The Labute approximate surface area is 114 Å². The first-order valence-corrected chi connectivity index (χ1v) is 6.46. The molecule has 0 heterocycles. The number of halogens is 2. The molecule has 0 saturated heterocycles. The summed E-state index contributed by atoms with van der Waals surface area (Å²) >= 11 is 2.63. The van der Waals surface area contributed by atoms with E-state index >= 15 is 0 Å². The minimum Gasteiger partial charge on any atom is -0.481 e. The first-order chi connectivity index (χ1) is 7.91. The zero-order valence-corrected chi connectivity index (χ0v) is 11.3. The van der Waals surface area contributed by atoms with E-state index in [0.717, 1.165) is 23.9 Å². The fourth-order valence-electron chi connectivity index (χ4n) is 1.02. The van der Waals surface area contributed by atoms with Crippen molar-refractivity contribution >= 4 is 46.0 Å². The molecule has 0 bridgehead atoms. The highest BCUT2D eigenvalue weighted by molar-refractivity contribution is 14.1. The smallest absolute Gasteiger partial charge is 0.304 e. The predicted octanol–water partition coefficient (Wildman–Crippen LogP) is 2.91. The van der Waals surface area contributed by atoms with Gasteiger partial charge in [0.25, 0.3) is 5.69 Å². The van der Waals surface area contributed by atoms with Crippen LogP contribution in [0.4, 0.5) is 10.1 Å². The van der Waals surface area contributed by atoms with Crippen molar-refractivity contribution in [2.24, 2.45) is 0 Å². The van der Waals surface area contributed by atoms with Crippen LogP contribution in [0.5, 0.6) is 0 Å². The van der Waals surface area contributed by atoms with E-state index in [1.165, 1.54) is 0 Å². The summed E-state index contributed by atoms with van der Waals surface area (Å²) in [6.07, 6.45) is -0.130. The van der Waals surface area contributed by atoms with Gasteiger partial charge in [-0.25, -0.2) is 4.39 Å². The number of aliphatic carboxylic acids is 1. The van der Waals surface area contributed by atoms with E-state index in [2.05, 4.69) is 0 Å². The number of rotatable bonds is 5. The van der Waals surface area contributed by atoms with Crippen LogP contribution in [0.15, 0.2) is 17.0 Å². The van der Waals surface area contributed by atoms with Gasteiger partial charge in [-0.05, 0) is 28.7 Å². The number of benzene rings is 1. The van der Waals surface area contributed by atoms with Crippen LogP contribution in [0, 0.1) is 19.5 Å². The van der Waals surface area contributed by atoms with Gasteiger partial charge in [0.05, 0.1) is 19.8 Å². The molecule has 0 amide bonds. The molecule has 1 rings (SSSR count). The summed E-state index contributed by atoms with van der Waals surface area (Å²) in [6, 6.07) is 2.20. The molecule has 0 fully saturated rings. The van der Waals surface area contributed by atoms with Gasteiger partial charge in [0.2, 0.25) is 0 Å². The van der Waals surface area contributed by atoms with Crippen molar-refractivity contribution in [1.82, 2.24) is 0 Å². The number of thioether (sulfide) groups is 1. The number of carboxylic acid groups (broad SMARTS) is 1. The third-order valence-electron chi connectivity index (χ3n) is 1.77. The van der Waals surface area contributed by atoms with E-state index in [-0.39, 0.29) is 26.3 Å². The first kappa shape index (κ1) is 14.2. The van der Waals surface area contributed by atoms with Gasteiger partial charge in [0.15, 0.2) is 0 Å². The van der Waals surface area contributed by atoms with Gasteiger partial charge in [-0.3, -0.25) is 14.9 Å². The van der Waals surface area contributed by atoms with Gasteiger partial charge in [0, 0.05) is 11.8 Å². The fourth-order valence-corrected chi connectivity index (χ4v) is 2.44. The number of nitro benzene ring substituents is 1. The molecule has 8 heteroatoms. The van der Waals surface area contributed by atoms with Crippen molar-refractivity contribution in [2.75, 3.05) is 5.75 Å². The summed E-state index contributed by atoms with van der Waals surface area (Å²) in [5, 5.41) is 19.2. The Hall–Kier alpha value is -0.900. The highest BCUT2D eigenvalue weighted by Crippen LogP contribution is 2.32. The van der Waals surface area contributed by atoms with Gasteiger partial charge in [-0.1, -0.05) is 0 Å². The molecule has 0 aliphatic rings. The van der Waals surface area contributed by atoms with Crippen LogP contribution >= 0.6 is 34.4 Å². The van der Waals surface area contributed by atoms with Crippen LogP contribution in [0.1, 0.15) is 6.42 Å². The summed E-state index contributed by atoms with van der Waals surface area (Å²) in [7, 11) is 0. The summed E-state index contributed by atoms with van der Waals surface area (Å²) < 4.78 is 13.4. The van der Waals surface area contributed by atoms with Crippen molar-refractivity contribution in [3.05, 3.63) is 31.6 Å². The highest BCUT2D eigenvalue weighted by Gasteiger charge is 2.18. The van der Waals surface area contributed by atoms with E-state index in [9.17, 15) is 19.3 Å². The molecule has 1 N–H and O–H groups in total. The third kappa shape index (κ3) is 4.11. The number of hydrogen-bond acceptors (Lipinski definition) is 4. The van der Waals surface area contributed by atoms with E-state index in [0.29, 0.717) is 0 Å². The van der Waals surface area contributed by atoms with Crippen molar-refractivity contribution in [3.63, 3.8) is 0 Å². The molecular formula is C9H7FINO4S. The van der Waals surface area contributed by atoms with Crippen LogP contribution in [-0.4, -0.2) is 21.8 Å². The molecule has 92 valence electrons.